The highest BCUT2D eigenvalue weighted by Crippen LogP contribution is 2.24. The molecule has 1 heterocycles. The number of ether oxygens (including phenoxy) is 2. The Kier molecular flexibility index (Phi) is 5.93. The first-order valence-corrected chi connectivity index (χ1v) is 8.06. The van der Waals surface area contributed by atoms with Crippen molar-refractivity contribution >= 4 is 27.8 Å². The Morgan fingerprint density at radius 3 is 2.68 bits per heavy atom. The maximum Gasteiger partial charge on any atom is 0.338 e. The molecule has 0 unspecified atom stereocenters. The molecule has 22 heavy (non-hydrogen) atoms. The van der Waals surface area contributed by atoms with E-state index in [4.69, 9.17) is 9.47 Å². The van der Waals surface area contributed by atoms with Gasteiger partial charge in [-0.25, -0.2) is 4.79 Å². The number of aliphatic hydroxyl groups is 1. The number of halogens is 1. The van der Waals surface area contributed by atoms with Gasteiger partial charge in [0, 0.05) is 18.7 Å². The van der Waals surface area contributed by atoms with Crippen LogP contribution in [0, 0.1) is 0 Å². The molecular formula is C15H18BrNO5. The number of hydrogen-bond donors (Lipinski definition) is 2. The number of nitrogens with one attached hydrogen (secondary N) is 1. The van der Waals surface area contributed by atoms with Crippen LogP contribution in [0.4, 0.5) is 0 Å². The fraction of sp³-hybridized carbons (Fsp3) is 0.467. The van der Waals surface area contributed by atoms with Crippen LogP contribution in [0.2, 0.25) is 0 Å². The highest BCUT2D eigenvalue weighted by molar-refractivity contribution is 9.09. The summed E-state index contributed by atoms with van der Waals surface area (Å²) in [6.07, 6.45) is -2.07. The van der Waals surface area contributed by atoms with Crippen molar-refractivity contribution in [1.82, 2.24) is 5.32 Å². The zero-order valence-electron chi connectivity index (χ0n) is 12.1. The molecule has 0 spiro atoms. The predicted molar refractivity (Wildman–Crippen MR) is 82.5 cm³/mol. The minimum absolute atomic E-state index is 0.163. The first-order valence-electron chi connectivity index (χ1n) is 6.94. The molecule has 2 N–H and O–H groups in total. The maximum absolute atomic E-state index is 12.2. The van der Waals surface area contributed by atoms with E-state index in [0.29, 0.717) is 10.9 Å². The minimum atomic E-state index is -1.01. The number of aliphatic hydroxyl groups excluding tert-OH is 1. The van der Waals surface area contributed by atoms with Gasteiger partial charge in [0.15, 0.2) is 6.29 Å². The summed E-state index contributed by atoms with van der Waals surface area (Å²) >= 11 is 3.28. The van der Waals surface area contributed by atoms with Gasteiger partial charge in [-0.05, 0) is 12.1 Å². The average molecular weight is 372 g/mol. The summed E-state index contributed by atoms with van der Waals surface area (Å²) < 4.78 is 10.9. The zero-order chi connectivity index (χ0) is 16.1. The first kappa shape index (κ1) is 16.9. The van der Waals surface area contributed by atoms with Crippen LogP contribution in [0.25, 0.3) is 0 Å². The molecule has 4 atom stereocenters. The molecule has 120 valence electrons. The number of hydrogen-bond acceptors (Lipinski definition) is 5. The Labute approximate surface area is 136 Å². The number of benzene rings is 1. The fourth-order valence-corrected chi connectivity index (χ4v) is 2.92. The monoisotopic (exact) mass is 371 g/mol. The molecule has 0 aromatic heterocycles. The summed E-state index contributed by atoms with van der Waals surface area (Å²) in [5, 5.41) is 12.8. The second-order valence-corrected chi connectivity index (χ2v) is 5.71. The summed E-state index contributed by atoms with van der Waals surface area (Å²) in [6, 6.07) is 8.08. The summed E-state index contributed by atoms with van der Waals surface area (Å²) in [4.78, 5) is 23.5. The largest absolute Gasteiger partial charge is 0.454 e. The third kappa shape index (κ3) is 4.28. The Hall–Kier alpha value is -1.44. The van der Waals surface area contributed by atoms with E-state index in [9.17, 15) is 14.7 Å². The molecule has 0 aliphatic carbocycles. The third-order valence-corrected chi connectivity index (χ3v) is 3.98. The molecule has 1 aromatic carbocycles. The molecule has 1 aliphatic heterocycles. The van der Waals surface area contributed by atoms with Gasteiger partial charge in [0.25, 0.3) is 0 Å². The van der Waals surface area contributed by atoms with Gasteiger partial charge in [-0.15, -0.1) is 0 Å². The lowest BCUT2D eigenvalue weighted by atomic mass is 9.99. The van der Waals surface area contributed by atoms with Crippen LogP contribution in [-0.4, -0.2) is 46.9 Å². The van der Waals surface area contributed by atoms with Crippen LogP contribution in [-0.2, 0) is 14.3 Å². The molecular weight excluding hydrogens is 354 g/mol. The third-order valence-electron chi connectivity index (χ3n) is 3.34. The van der Waals surface area contributed by atoms with Crippen molar-refractivity contribution in [3.05, 3.63) is 35.9 Å². The van der Waals surface area contributed by atoms with Gasteiger partial charge in [0.2, 0.25) is 5.91 Å². The quantitative estimate of drug-likeness (QED) is 0.613. The van der Waals surface area contributed by atoms with Crippen LogP contribution in [0.1, 0.15) is 23.7 Å². The normalized spacial score (nSPS) is 28.0. The standard InChI is InChI=1S/C15H18BrNO5/c1-9(18)17-11-7-13(19)21-12(8-16)14(11)22-15(20)10-5-3-2-4-6-10/h2-6,11-14,19H,7-8H2,1H3,(H,17,18)/t11-,12-,13-,14+/m0/s1. The molecule has 1 aliphatic rings. The molecule has 1 aromatic rings. The lowest BCUT2D eigenvalue weighted by Gasteiger charge is -2.39. The van der Waals surface area contributed by atoms with Gasteiger partial charge < -0.3 is 19.9 Å². The Morgan fingerprint density at radius 1 is 1.41 bits per heavy atom. The highest BCUT2D eigenvalue weighted by atomic mass is 79.9. The first-order chi connectivity index (χ1) is 10.5. The lowest BCUT2D eigenvalue weighted by Crippen LogP contribution is -2.57. The predicted octanol–water partition coefficient (Wildman–Crippen LogP) is 1.22. The van der Waals surface area contributed by atoms with Gasteiger partial charge >= 0.3 is 5.97 Å². The van der Waals surface area contributed by atoms with Crippen molar-refractivity contribution in [3.8, 4) is 0 Å². The smallest absolute Gasteiger partial charge is 0.338 e. The number of carbonyl (C=O) groups excluding carboxylic acids is 2. The van der Waals surface area contributed by atoms with Gasteiger partial charge in [0.1, 0.15) is 12.2 Å². The molecule has 6 nitrogen and oxygen atoms in total. The topological polar surface area (TPSA) is 84.9 Å². The number of esters is 1. The van der Waals surface area contributed by atoms with E-state index in [1.54, 1.807) is 30.3 Å². The molecule has 1 saturated heterocycles. The van der Waals surface area contributed by atoms with Gasteiger partial charge in [-0.2, -0.15) is 0 Å². The van der Waals surface area contributed by atoms with Crippen molar-refractivity contribution in [2.24, 2.45) is 0 Å². The van der Waals surface area contributed by atoms with Gasteiger partial charge in [0.05, 0.1) is 11.6 Å². The van der Waals surface area contributed by atoms with E-state index in [-0.39, 0.29) is 12.3 Å². The van der Waals surface area contributed by atoms with E-state index >= 15 is 0 Å². The summed E-state index contributed by atoms with van der Waals surface area (Å²) in [5.74, 6) is -0.750. The van der Waals surface area contributed by atoms with Crippen LogP contribution in [0.15, 0.2) is 30.3 Å². The molecule has 1 fully saturated rings. The van der Waals surface area contributed by atoms with E-state index in [1.807, 2.05) is 0 Å². The van der Waals surface area contributed by atoms with E-state index in [0.717, 1.165) is 0 Å². The summed E-state index contributed by atoms with van der Waals surface area (Å²) in [6.45, 7) is 1.38. The highest BCUT2D eigenvalue weighted by Gasteiger charge is 2.41. The van der Waals surface area contributed by atoms with Crippen LogP contribution in [0.3, 0.4) is 0 Å². The molecule has 0 bridgehead atoms. The zero-order valence-corrected chi connectivity index (χ0v) is 13.7. The number of carbonyl (C=O) groups is 2. The van der Waals surface area contributed by atoms with Gasteiger partial charge in [-0.3, -0.25) is 4.79 Å². The summed E-state index contributed by atoms with van der Waals surface area (Å²) in [7, 11) is 0. The van der Waals surface area contributed by atoms with Crippen molar-refractivity contribution in [3.63, 3.8) is 0 Å². The van der Waals surface area contributed by atoms with Crippen LogP contribution in [0.5, 0.6) is 0 Å². The van der Waals surface area contributed by atoms with E-state index in [2.05, 4.69) is 21.2 Å². The van der Waals surface area contributed by atoms with E-state index < -0.39 is 30.5 Å². The van der Waals surface area contributed by atoms with Crippen LogP contribution < -0.4 is 5.32 Å². The maximum atomic E-state index is 12.2. The number of rotatable bonds is 4. The van der Waals surface area contributed by atoms with Crippen molar-refractivity contribution in [2.75, 3.05) is 5.33 Å². The fourth-order valence-electron chi connectivity index (χ4n) is 2.40. The minimum Gasteiger partial charge on any atom is -0.454 e. The molecule has 7 heteroatoms. The number of alkyl halides is 1. The second-order valence-electron chi connectivity index (χ2n) is 5.06. The number of amides is 1. The van der Waals surface area contributed by atoms with Crippen molar-refractivity contribution in [1.29, 1.82) is 0 Å². The molecule has 2 rings (SSSR count). The lowest BCUT2D eigenvalue weighted by molar-refractivity contribution is -0.201. The second kappa shape index (κ2) is 7.71. The van der Waals surface area contributed by atoms with Crippen molar-refractivity contribution in [2.45, 2.75) is 37.9 Å². The summed E-state index contributed by atoms with van der Waals surface area (Å²) in [5.41, 5.74) is 0.420. The molecule has 0 saturated carbocycles. The van der Waals surface area contributed by atoms with Crippen LogP contribution >= 0.6 is 15.9 Å². The van der Waals surface area contributed by atoms with Crippen molar-refractivity contribution < 1.29 is 24.2 Å². The SMILES string of the molecule is CC(=O)N[C@H]1C[C@@H](O)O[C@@H](CBr)[C@@H]1OC(=O)c1ccccc1. The Balaban J connectivity index is 2.15. The van der Waals surface area contributed by atoms with Gasteiger partial charge in [-0.1, -0.05) is 34.1 Å². The average Bonchev–Trinajstić information content (AvgIpc) is 2.49. The Morgan fingerprint density at radius 2 is 2.09 bits per heavy atom. The molecule has 1 amide bonds. The Bertz CT molecular complexity index is 524. The molecule has 0 radical (unpaired) electrons. The van der Waals surface area contributed by atoms with E-state index in [1.165, 1.54) is 6.92 Å².